The van der Waals surface area contributed by atoms with Crippen LogP contribution in [0.4, 0.5) is 0 Å². The molecule has 1 fully saturated rings. The number of fused-ring (bicyclic) bond motifs is 1. The molecule has 1 aliphatic heterocycles. The number of nitrogens with zero attached hydrogens (tertiary/aromatic N) is 3. The van der Waals surface area contributed by atoms with Crippen molar-refractivity contribution in [3.05, 3.63) is 57.7 Å². The lowest BCUT2D eigenvalue weighted by atomic mass is 10.1. The minimum atomic E-state index is -0.315. The Bertz CT molecular complexity index is 1330. The molecule has 1 saturated heterocycles. The van der Waals surface area contributed by atoms with Gasteiger partial charge in [0.25, 0.3) is 5.91 Å². The van der Waals surface area contributed by atoms with Gasteiger partial charge in [-0.25, -0.2) is 0 Å². The molecule has 2 amide bonds. The van der Waals surface area contributed by atoms with Gasteiger partial charge in [-0.3, -0.25) is 14.6 Å². The molecule has 38 heavy (non-hydrogen) atoms. The lowest BCUT2D eigenvalue weighted by Gasteiger charge is -2.32. The number of hydrogen-bond acceptors (Lipinski definition) is 7. The van der Waals surface area contributed by atoms with Crippen LogP contribution in [-0.2, 0) is 16.0 Å². The smallest absolute Gasteiger partial charge is 0.254 e. The van der Waals surface area contributed by atoms with Gasteiger partial charge in [0.05, 0.1) is 29.1 Å². The zero-order valence-corrected chi connectivity index (χ0v) is 23.1. The highest BCUT2D eigenvalue weighted by Gasteiger charge is 2.22. The molecule has 0 saturated carbocycles. The molecule has 0 aliphatic carbocycles. The number of carbonyl (C=O) groups is 2. The number of likely N-dealkylation sites (N-methyl/N-ethyl adjacent to an activating group) is 1. The Morgan fingerprint density at radius 3 is 2.47 bits per heavy atom. The monoisotopic (exact) mass is 560 g/mol. The lowest BCUT2D eigenvalue weighted by molar-refractivity contribution is -0.132. The largest absolute Gasteiger partial charge is 0.490 e. The predicted molar refractivity (Wildman–Crippen MR) is 147 cm³/mol. The predicted octanol–water partition coefficient (Wildman–Crippen LogP) is 4.04. The molecule has 4 rings (SSSR count). The quantitative estimate of drug-likeness (QED) is 0.395. The molecule has 0 spiro atoms. The van der Waals surface area contributed by atoms with E-state index in [0.717, 1.165) is 13.1 Å². The van der Waals surface area contributed by atoms with Crippen LogP contribution in [0, 0.1) is 0 Å². The third-order valence-electron chi connectivity index (χ3n) is 6.36. The van der Waals surface area contributed by atoms with Gasteiger partial charge in [0.2, 0.25) is 5.91 Å². The van der Waals surface area contributed by atoms with E-state index in [2.05, 4.69) is 15.2 Å². The summed E-state index contributed by atoms with van der Waals surface area (Å²) in [5.74, 6) is 0.832. The number of ether oxygens (including phenoxy) is 3. The SMILES string of the molecule is CNC(=O)c1cc2c(Oc3ccc(CC(=O)N4CCN(C)CC4)c(Cl)c3Cl)ccnc2cc1OCCOC. The summed E-state index contributed by atoms with van der Waals surface area (Å²) in [5, 5.41) is 3.69. The summed E-state index contributed by atoms with van der Waals surface area (Å²) in [6, 6.07) is 8.46. The number of carbonyl (C=O) groups excluding carboxylic acids is 2. The number of methoxy groups -OCH3 is 1. The molecule has 0 unspecified atom stereocenters. The van der Waals surface area contributed by atoms with Crippen LogP contribution in [0.1, 0.15) is 15.9 Å². The van der Waals surface area contributed by atoms with E-state index in [1.165, 1.54) is 0 Å². The maximum absolute atomic E-state index is 12.8. The van der Waals surface area contributed by atoms with Gasteiger partial charge in [-0.05, 0) is 30.8 Å². The third-order valence-corrected chi connectivity index (χ3v) is 7.27. The molecule has 2 aromatic carbocycles. The maximum atomic E-state index is 12.8. The molecule has 3 aromatic rings. The molecule has 0 radical (unpaired) electrons. The summed E-state index contributed by atoms with van der Waals surface area (Å²) in [6.45, 7) is 3.71. The van der Waals surface area contributed by atoms with E-state index in [1.807, 2.05) is 11.9 Å². The van der Waals surface area contributed by atoms with E-state index >= 15 is 0 Å². The fourth-order valence-corrected chi connectivity index (χ4v) is 4.59. The highest BCUT2D eigenvalue weighted by atomic mass is 35.5. The lowest BCUT2D eigenvalue weighted by Crippen LogP contribution is -2.47. The summed E-state index contributed by atoms with van der Waals surface area (Å²) < 4.78 is 16.9. The normalized spacial score (nSPS) is 14.0. The fraction of sp³-hybridized carbons (Fsp3) is 0.370. The first-order chi connectivity index (χ1) is 18.3. The number of piperazine rings is 1. The van der Waals surface area contributed by atoms with Crippen LogP contribution in [-0.4, -0.2) is 87.2 Å². The standard InChI is InChI=1S/C27H30Cl2N4O5/c1-30-27(35)19-15-18-20(16-23(19)37-13-12-36-3)31-7-6-21(18)38-22-5-4-17(25(28)26(22)29)14-24(34)33-10-8-32(2)9-11-33/h4-7,15-16H,8-14H2,1-3H3,(H,30,35). The third kappa shape index (κ3) is 6.30. The molecule has 1 aromatic heterocycles. The van der Waals surface area contributed by atoms with Gasteiger partial charge in [0, 0.05) is 58.0 Å². The summed E-state index contributed by atoms with van der Waals surface area (Å²) in [4.78, 5) is 33.8. The average Bonchev–Trinajstić information content (AvgIpc) is 2.92. The average molecular weight is 561 g/mol. The first-order valence-electron chi connectivity index (χ1n) is 12.2. The first kappa shape index (κ1) is 27.9. The van der Waals surface area contributed by atoms with Crippen molar-refractivity contribution in [2.45, 2.75) is 6.42 Å². The number of benzene rings is 2. The molecule has 9 nitrogen and oxygen atoms in total. The van der Waals surface area contributed by atoms with Crippen molar-refractivity contribution in [2.24, 2.45) is 0 Å². The van der Waals surface area contributed by atoms with E-state index in [9.17, 15) is 9.59 Å². The van der Waals surface area contributed by atoms with E-state index in [-0.39, 0.29) is 34.9 Å². The molecule has 202 valence electrons. The van der Waals surface area contributed by atoms with Crippen LogP contribution in [0.25, 0.3) is 10.9 Å². The van der Waals surface area contributed by atoms with E-state index in [1.54, 1.807) is 50.7 Å². The Morgan fingerprint density at radius 2 is 1.76 bits per heavy atom. The topological polar surface area (TPSA) is 93.2 Å². The highest BCUT2D eigenvalue weighted by Crippen LogP contribution is 2.40. The van der Waals surface area contributed by atoms with Crippen molar-refractivity contribution in [2.75, 3.05) is 60.6 Å². The van der Waals surface area contributed by atoms with Crippen molar-refractivity contribution in [3.8, 4) is 17.2 Å². The molecular weight excluding hydrogens is 531 g/mol. The number of aromatic nitrogens is 1. The summed E-state index contributed by atoms with van der Waals surface area (Å²) in [7, 11) is 5.16. The van der Waals surface area contributed by atoms with E-state index in [0.29, 0.717) is 59.0 Å². The van der Waals surface area contributed by atoms with Crippen LogP contribution in [0.3, 0.4) is 0 Å². The zero-order chi connectivity index (χ0) is 27.2. The summed E-state index contributed by atoms with van der Waals surface area (Å²) >= 11 is 13.2. The minimum absolute atomic E-state index is 0.00937. The Hall–Kier alpha value is -3.11. The highest BCUT2D eigenvalue weighted by molar-refractivity contribution is 6.43. The van der Waals surface area contributed by atoms with Gasteiger partial charge in [0.1, 0.15) is 28.9 Å². The van der Waals surface area contributed by atoms with Gasteiger partial charge >= 0.3 is 0 Å². The molecule has 1 N–H and O–H groups in total. The molecule has 11 heteroatoms. The van der Waals surface area contributed by atoms with Crippen LogP contribution in [0.2, 0.25) is 10.0 Å². The molecule has 1 aliphatic rings. The van der Waals surface area contributed by atoms with Gasteiger partial charge < -0.3 is 29.3 Å². The Balaban J connectivity index is 1.59. The Kier molecular flexibility index (Phi) is 9.27. The number of amides is 2. The van der Waals surface area contributed by atoms with Crippen LogP contribution < -0.4 is 14.8 Å². The molecular formula is C27H30Cl2N4O5. The van der Waals surface area contributed by atoms with Crippen molar-refractivity contribution >= 4 is 45.9 Å². The van der Waals surface area contributed by atoms with Gasteiger partial charge in [-0.15, -0.1) is 0 Å². The first-order valence-corrected chi connectivity index (χ1v) is 13.0. The van der Waals surface area contributed by atoms with Crippen molar-refractivity contribution in [3.63, 3.8) is 0 Å². The van der Waals surface area contributed by atoms with Gasteiger partial charge in [-0.1, -0.05) is 29.3 Å². The number of nitrogens with one attached hydrogen (secondary N) is 1. The van der Waals surface area contributed by atoms with E-state index < -0.39 is 0 Å². The molecule has 2 heterocycles. The number of pyridine rings is 1. The van der Waals surface area contributed by atoms with E-state index in [4.69, 9.17) is 37.4 Å². The Labute approximate surface area is 231 Å². The van der Waals surface area contributed by atoms with Crippen LogP contribution in [0.5, 0.6) is 17.2 Å². The summed E-state index contributed by atoms with van der Waals surface area (Å²) in [6.07, 6.45) is 1.75. The number of hydrogen-bond donors (Lipinski definition) is 1. The van der Waals surface area contributed by atoms with Crippen LogP contribution in [0.15, 0.2) is 36.5 Å². The molecule has 0 bridgehead atoms. The number of rotatable bonds is 9. The second-order valence-electron chi connectivity index (χ2n) is 8.91. The summed E-state index contributed by atoms with van der Waals surface area (Å²) in [5.41, 5.74) is 1.53. The van der Waals surface area contributed by atoms with Gasteiger partial charge in [-0.2, -0.15) is 0 Å². The zero-order valence-electron chi connectivity index (χ0n) is 21.6. The number of halogens is 2. The Morgan fingerprint density at radius 1 is 1.00 bits per heavy atom. The van der Waals surface area contributed by atoms with Crippen molar-refractivity contribution in [1.82, 2.24) is 20.1 Å². The van der Waals surface area contributed by atoms with Gasteiger partial charge in [0.15, 0.2) is 0 Å². The van der Waals surface area contributed by atoms with Crippen LogP contribution >= 0.6 is 23.2 Å². The fourth-order valence-electron chi connectivity index (χ4n) is 4.14. The van der Waals surface area contributed by atoms with Crippen molar-refractivity contribution < 1.29 is 23.8 Å². The second kappa shape index (κ2) is 12.6. The second-order valence-corrected chi connectivity index (χ2v) is 9.66. The maximum Gasteiger partial charge on any atom is 0.254 e. The molecule has 0 atom stereocenters. The van der Waals surface area contributed by atoms with Crippen molar-refractivity contribution in [1.29, 1.82) is 0 Å². The minimum Gasteiger partial charge on any atom is -0.490 e.